The summed E-state index contributed by atoms with van der Waals surface area (Å²) >= 11 is 4.13. The number of pyridine rings is 1. The maximum Gasteiger partial charge on any atom is 0.287 e. The molecule has 2 aliphatic heterocycles. The Bertz CT molecular complexity index is 1530. The number of nitrogens with two attached hydrogens (primary N) is 2. The van der Waals surface area contributed by atoms with Gasteiger partial charge < -0.3 is 31.5 Å². The lowest BCUT2D eigenvalue weighted by atomic mass is 10.0. The van der Waals surface area contributed by atoms with E-state index in [4.69, 9.17) is 16.3 Å². The Morgan fingerprint density at radius 2 is 2.23 bits per heavy atom. The lowest BCUT2D eigenvalue weighted by molar-refractivity contribution is -0.662. The van der Waals surface area contributed by atoms with Crippen LogP contribution < -0.4 is 26.5 Å². The molecule has 0 spiro atoms. The predicted molar refractivity (Wildman–Crippen MR) is 149 cm³/mol. The average molecular weight is 603 g/mol. The number of nitrogens with zero attached hydrogens (tertiary/aromatic N) is 5. The molecule has 5 rings (SSSR count). The summed E-state index contributed by atoms with van der Waals surface area (Å²) in [5, 5.41) is 21.0. The van der Waals surface area contributed by atoms with Crippen LogP contribution in [-0.4, -0.2) is 73.9 Å². The number of carboxylic acids is 1. The van der Waals surface area contributed by atoms with Crippen LogP contribution in [0.15, 0.2) is 57.4 Å². The van der Waals surface area contributed by atoms with Gasteiger partial charge in [0.25, 0.3) is 17.5 Å². The number of imidazole rings is 1. The van der Waals surface area contributed by atoms with Crippen molar-refractivity contribution in [3.05, 3.63) is 52.9 Å². The number of carboxylic acid groups (broad SMARTS) is 1. The minimum Gasteiger partial charge on any atom is -0.543 e. The van der Waals surface area contributed by atoms with Crippen LogP contribution in [0.25, 0.3) is 5.65 Å². The zero-order valence-corrected chi connectivity index (χ0v) is 23.8. The molecule has 5 N–H and O–H groups in total. The normalized spacial score (nSPS) is 19.0. The minimum absolute atomic E-state index is 0.126. The highest BCUT2D eigenvalue weighted by Crippen LogP contribution is 2.40. The fourth-order valence-electron chi connectivity index (χ4n) is 4.45. The van der Waals surface area contributed by atoms with Crippen LogP contribution in [0.2, 0.25) is 0 Å². The van der Waals surface area contributed by atoms with Gasteiger partial charge in [0, 0.05) is 35.1 Å². The number of fused-ring (bicyclic) bond motifs is 2. The number of rotatable bonds is 11. The third kappa shape index (κ3) is 5.26. The van der Waals surface area contributed by atoms with E-state index < -0.39 is 29.2 Å². The number of amides is 2. The Kier molecular flexibility index (Phi) is 8.30. The highest BCUT2D eigenvalue weighted by molar-refractivity contribution is 8.00. The molecule has 40 heavy (non-hydrogen) atoms. The third-order valence-corrected chi connectivity index (χ3v) is 9.26. The van der Waals surface area contributed by atoms with Gasteiger partial charge in [0.1, 0.15) is 42.7 Å². The molecule has 3 aromatic rings. The van der Waals surface area contributed by atoms with Gasteiger partial charge in [-0.25, -0.2) is 9.55 Å². The van der Waals surface area contributed by atoms with Crippen molar-refractivity contribution in [1.29, 1.82) is 0 Å². The largest absolute Gasteiger partial charge is 0.543 e. The molecule has 1 saturated heterocycles. The van der Waals surface area contributed by atoms with Crippen LogP contribution in [0.5, 0.6) is 0 Å². The number of oxime groups is 1. The standard InChI is InChI=1S/C24H26N8O5S3/c1-2-37-29-17(14-12-40-24(26)27-14)20(33)28-18-21(34)32-19(23(35)36)13(11-39-22(18)32)10-30-7-8-31-15(30)4-3-5-16(31)38-9-6-25/h3-5,7-8,12,18,22H,2,6,9-11,25H2,1H3,(H3-,26,27,28,33,35,36)/b29-17-/t18-,22-/m1/s1. The van der Waals surface area contributed by atoms with Crippen molar-refractivity contribution in [2.75, 3.05) is 30.4 Å². The number of thioether (sulfide) groups is 2. The fraction of sp³-hybridized carbons (Fsp3) is 0.333. The van der Waals surface area contributed by atoms with Gasteiger partial charge in [0.05, 0.1) is 11.7 Å². The number of hydrogen-bond donors (Lipinski definition) is 3. The number of aromatic nitrogens is 3. The summed E-state index contributed by atoms with van der Waals surface area (Å²) in [6, 6.07) is 4.90. The molecule has 2 atom stereocenters. The number of β-lactam (4-membered cyclic amide) rings is 1. The summed E-state index contributed by atoms with van der Waals surface area (Å²) in [6.07, 6.45) is 3.77. The molecule has 0 unspecified atom stereocenters. The SMILES string of the molecule is CCO/N=C(\C(=O)N[C@@H]1C(=O)N2C(C(=O)[O-])=C(C[n+]3ccn4c(SCCN)cccc43)CS[C@H]12)c1csc(N)n1. The molecule has 0 aromatic carbocycles. The number of aliphatic carboxylic acids is 1. The molecule has 2 amide bonds. The van der Waals surface area contributed by atoms with Gasteiger partial charge in [0.15, 0.2) is 15.9 Å². The molecule has 0 bridgehead atoms. The molecule has 0 aliphatic carbocycles. The van der Waals surface area contributed by atoms with Crippen LogP contribution >= 0.6 is 34.9 Å². The zero-order valence-electron chi connectivity index (χ0n) is 21.3. The van der Waals surface area contributed by atoms with Gasteiger partial charge in [0.2, 0.25) is 0 Å². The van der Waals surface area contributed by atoms with Crippen LogP contribution in [0.4, 0.5) is 5.13 Å². The molecular weight excluding hydrogens is 577 g/mol. The molecule has 1 fully saturated rings. The van der Waals surface area contributed by atoms with E-state index in [0.717, 1.165) is 27.8 Å². The van der Waals surface area contributed by atoms with Crippen molar-refractivity contribution in [3.63, 3.8) is 0 Å². The summed E-state index contributed by atoms with van der Waals surface area (Å²) < 4.78 is 3.93. The van der Waals surface area contributed by atoms with Crippen LogP contribution in [0.1, 0.15) is 12.6 Å². The number of thiazole rings is 1. The third-order valence-electron chi connectivity index (χ3n) is 6.18. The number of hydrogen-bond acceptors (Lipinski definition) is 12. The smallest absolute Gasteiger partial charge is 0.287 e. The van der Waals surface area contributed by atoms with Gasteiger partial charge in [-0.05, 0) is 19.1 Å². The minimum atomic E-state index is -1.45. The first kappa shape index (κ1) is 27.9. The first-order valence-electron chi connectivity index (χ1n) is 12.3. The molecule has 3 aromatic heterocycles. The van der Waals surface area contributed by atoms with E-state index >= 15 is 0 Å². The average Bonchev–Trinajstić information content (AvgIpc) is 3.56. The van der Waals surface area contributed by atoms with Crippen molar-refractivity contribution in [2.24, 2.45) is 10.9 Å². The number of carbonyl (C=O) groups excluding carboxylic acids is 3. The molecule has 2 aliphatic rings. The van der Waals surface area contributed by atoms with E-state index in [1.54, 1.807) is 24.1 Å². The second-order valence-corrected chi connectivity index (χ2v) is 11.8. The predicted octanol–water partition coefficient (Wildman–Crippen LogP) is -0.839. The maximum absolute atomic E-state index is 13.2. The van der Waals surface area contributed by atoms with Crippen molar-refractivity contribution in [1.82, 2.24) is 19.6 Å². The van der Waals surface area contributed by atoms with Crippen molar-refractivity contribution >= 4 is 69.1 Å². The number of nitrogens with one attached hydrogen (secondary N) is 1. The van der Waals surface area contributed by atoms with Gasteiger partial charge >= 0.3 is 0 Å². The van der Waals surface area contributed by atoms with E-state index in [0.29, 0.717) is 17.9 Å². The molecule has 16 heteroatoms. The second-order valence-electron chi connectivity index (χ2n) is 8.68. The first-order chi connectivity index (χ1) is 19.3. The summed E-state index contributed by atoms with van der Waals surface area (Å²) in [6.45, 7) is 2.73. The van der Waals surface area contributed by atoms with E-state index in [1.165, 1.54) is 16.7 Å². The highest BCUT2D eigenvalue weighted by atomic mass is 32.2. The lowest BCUT2D eigenvalue weighted by Crippen LogP contribution is -2.71. The Labute approximate surface area is 241 Å². The quantitative estimate of drug-likeness (QED) is 0.0822. The molecule has 210 valence electrons. The first-order valence-corrected chi connectivity index (χ1v) is 15.2. The van der Waals surface area contributed by atoms with Crippen molar-refractivity contribution in [3.8, 4) is 0 Å². The Morgan fingerprint density at radius 1 is 1.40 bits per heavy atom. The van der Waals surface area contributed by atoms with Gasteiger partial charge in [-0.1, -0.05) is 16.9 Å². The summed E-state index contributed by atoms with van der Waals surface area (Å²) in [4.78, 5) is 48.8. The molecule has 5 heterocycles. The number of anilines is 1. The van der Waals surface area contributed by atoms with E-state index in [2.05, 4.69) is 15.5 Å². The molecule has 13 nitrogen and oxygen atoms in total. The zero-order chi connectivity index (χ0) is 28.4. The maximum atomic E-state index is 13.2. The van der Waals surface area contributed by atoms with Gasteiger partial charge in [-0.2, -0.15) is 4.40 Å². The number of carbonyl (C=O) groups is 3. The van der Waals surface area contributed by atoms with E-state index in [1.807, 2.05) is 39.6 Å². The van der Waals surface area contributed by atoms with Crippen LogP contribution in [-0.2, 0) is 25.8 Å². The van der Waals surface area contributed by atoms with Crippen molar-refractivity contribution in [2.45, 2.75) is 29.9 Å². The molecule has 0 radical (unpaired) electrons. The van der Waals surface area contributed by atoms with E-state index in [9.17, 15) is 19.5 Å². The Balaban J connectivity index is 1.36. The highest BCUT2D eigenvalue weighted by Gasteiger charge is 2.53. The summed E-state index contributed by atoms with van der Waals surface area (Å²) in [7, 11) is 0. The van der Waals surface area contributed by atoms with Crippen molar-refractivity contribution < 1.29 is 28.9 Å². The second kappa shape index (κ2) is 11.9. The molecule has 0 saturated carbocycles. The lowest BCUT2D eigenvalue weighted by Gasteiger charge is -2.50. The Morgan fingerprint density at radius 3 is 2.92 bits per heavy atom. The van der Waals surface area contributed by atoms with Crippen LogP contribution in [0.3, 0.4) is 0 Å². The monoisotopic (exact) mass is 602 g/mol. The summed E-state index contributed by atoms with van der Waals surface area (Å²) in [5.74, 6) is -1.58. The fourth-order valence-corrected chi connectivity index (χ4v) is 7.13. The number of nitrogen functional groups attached to an aromatic ring is 1. The van der Waals surface area contributed by atoms with Gasteiger partial charge in [-0.3, -0.25) is 14.5 Å². The van der Waals surface area contributed by atoms with Crippen LogP contribution in [0, 0.1) is 0 Å². The summed E-state index contributed by atoms with van der Waals surface area (Å²) in [5.41, 5.74) is 12.7. The molecular formula is C24H26N8O5S3. The van der Waals surface area contributed by atoms with E-state index in [-0.39, 0.29) is 35.4 Å². The van der Waals surface area contributed by atoms with Gasteiger partial charge in [-0.15, -0.1) is 23.1 Å². The topological polar surface area (TPSA) is 184 Å². The Hall–Kier alpha value is -3.60.